The number of benzene rings is 1. The van der Waals surface area contributed by atoms with Crippen LogP contribution in [0.15, 0.2) is 23.2 Å². The Hall–Kier alpha value is -2.18. The normalized spacial score (nSPS) is 14.5. The van der Waals surface area contributed by atoms with Gasteiger partial charge in [0.25, 0.3) is 0 Å². The summed E-state index contributed by atoms with van der Waals surface area (Å²) in [4.78, 5) is 15.5. The van der Waals surface area contributed by atoms with E-state index in [-0.39, 0.29) is 18.0 Å². The van der Waals surface area contributed by atoms with Gasteiger partial charge in [0.05, 0.1) is 0 Å². The molecular weight excluding hydrogens is 302 g/mol. The number of hydrogen-bond donors (Lipinski definition) is 3. The SMILES string of the molecule is CN=C(NCCCC(=O)NC1CC1)NCc1cc(F)ccc1F. The van der Waals surface area contributed by atoms with Crippen molar-refractivity contribution in [1.29, 1.82) is 0 Å². The minimum Gasteiger partial charge on any atom is -0.356 e. The van der Waals surface area contributed by atoms with Crippen LogP contribution in [0.1, 0.15) is 31.2 Å². The molecule has 1 amide bonds. The highest BCUT2D eigenvalue weighted by molar-refractivity contribution is 5.80. The van der Waals surface area contributed by atoms with Crippen LogP contribution in [-0.2, 0) is 11.3 Å². The number of nitrogens with one attached hydrogen (secondary N) is 3. The number of aliphatic imine (C=N–C) groups is 1. The molecule has 0 aliphatic heterocycles. The maximum Gasteiger partial charge on any atom is 0.220 e. The Kier molecular flexibility index (Phi) is 6.31. The molecule has 1 fully saturated rings. The van der Waals surface area contributed by atoms with Gasteiger partial charge in [0.1, 0.15) is 11.6 Å². The van der Waals surface area contributed by atoms with Crippen molar-refractivity contribution >= 4 is 11.9 Å². The first-order valence-electron chi connectivity index (χ1n) is 7.76. The van der Waals surface area contributed by atoms with Gasteiger partial charge in [-0.1, -0.05) is 0 Å². The first kappa shape index (κ1) is 17.2. The Morgan fingerprint density at radius 1 is 1.30 bits per heavy atom. The van der Waals surface area contributed by atoms with Gasteiger partial charge in [0.2, 0.25) is 5.91 Å². The topological polar surface area (TPSA) is 65.5 Å². The summed E-state index contributed by atoms with van der Waals surface area (Å²) in [6.07, 6.45) is 3.29. The third-order valence-corrected chi connectivity index (χ3v) is 3.49. The highest BCUT2D eigenvalue weighted by Crippen LogP contribution is 2.18. The third-order valence-electron chi connectivity index (χ3n) is 3.49. The van der Waals surface area contributed by atoms with Crippen molar-refractivity contribution in [3.63, 3.8) is 0 Å². The average Bonchev–Trinajstić information content (AvgIpc) is 3.33. The Morgan fingerprint density at radius 2 is 2.09 bits per heavy atom. The monoisotopic (exact) mass is 324 g/mol. The molecule has 1 aliphatic rings. The molecule has 126 valence electrons. The predicted octanol–water partition coefficient (Wildman–Crippen LogP) is 1.69. The lowest BCUT2D eigenvalue weighted by Crippen LogP contribution is -2.38. The lowest BCUT2D eigenvalue weighted by atomic mass is 10.2. The number of guanidine groups is 1. The molecule has 1 aromatic rings. The lowest BCUT2D eigenvalue weighted by Gasteiger charge is -2.12. The average molecular weight is 324 g/mol. The summed E-state index contributed by atoms with van der Waals surface area (Å²) in [5.41, 5.74) is 0.233. The number of halogens is 2. The molecule has 0 aromatic heterocycles. The summed E-state index contributed by atoms with van der Waals surface area (Å²) in [6.45, 7) is 0.703. The fraction of sp³-hybridized carbons (Fsp3) is 0.500. The molecule has 0 heterocycles. The summed E-state index contributed by atoms with van der Waals surface area (Å²) >= 11 is 0. The van der Waals surface area contributed by atoms with Gasteiger partial charge in [-0.25, -0.2) is 8.78 Å². The van der Waals surface area contributed by atoms with E-state index in [4.69, 9.17) is 0 Å². The smallest absolute Gasteiger partial charge is 0.220 e. The molecule has 0 unspecified atom stereocenters. The van der Waals surface area contributed by atoms with Gasteiger partial charge in [0.15, 0.2) is 5.96 Å². The molecule has 0 radical (unpaired) electrons. The van der Waals surface area contributed by atoms with E-state index in [1.165, 1.54) is 0 Å². The van der Waals surface area contributed by atoms with Gasteiger partial charge >= 0.3 is 0 Å². The van der Waals surface area contributed by atoms with Crippen LogP contribution < -0.4 is 16.0 Å². The van der Waals surface area contributed by atoms with Gasteiger partial charge in [-0.15, -0.1) is 0 Å². The zero-order valence-corrected chi connectivity index (χ0v) is 13.2. The van der Waals surface area contributed by atoms with Crippen LogP contribution >= 0.6 is 0 Å². The van der Waals surface area contributed by atoms with Crippen LogP contribution in [0, 0.1) is 11.6 Å². The number of nitrogens with zero attached hydrogens (tertiary/aromatic N) is 1. The summed E-state index contributed by atoms with van der Waals surface area (Å²) < 4.78 is 26.6. The van der Waals surface area contributed by atoms with E-state index < -0.39 is 11.6 Å². The third kappa shape index (κ3) is 6.22. The van der Waals surface area contributed by atoms with Crippen molar-refractivity contribution in [3.8, 4) is 0 Å². The molecular formula is C16H22F2N4O. The van der Waals surface area contributed by atoms with Crippen LogP contribution in [0.5, 0.6) is 0 Å². The van der Waals surface area contributed by atoms with Crippen LogP contribution in [-0.4, -0.2) is 31.5 Å². The van der Waals surface area contributed by atoms with E-state index >= 15 is 0 Å². The number of amides is 1. The summed E-state index contributed by atoms with van der Waals surface area (Å²) in [6, 6.07) is 3.71. The number of hydrogen-bond acceptors (Lipinski definition) is 2. The molecule has 0 saturated heterocycles. The van der Waals surface area contributed by atoms with E-state index in [0.717, 1.165) is 31.0 Å². The maximum atomic E-state index is 13.5. The highest BCUT2D eigenvalue weighted by Gasteiger charge is 2.22. The first-order chi connectivity index (χ1) is 11.1. The van der Waals surface area contributed by atoms with Crippen LogP contribution in [0.2, 0.25) is 0 Å². The minimum atomic E-state index is -0.479. The van der Waals surface area contributed by atoms with Gasteiger partial charge < -0.3 is 16.0 Å². The molecule has 1 saturated carbocycles. The Balaban J connectivity index is 1.66. The van der Waals surface area contributed by atoms with E-state index in [1.54, 1.807) is 7.05 Å². The molecule has 23 heavy (non-hydrogen) atoms. The van der Waals surface area contributed by atoms with Gasteiger partial charge in [-0.2, -0.15) is 0 Å². The summed E-state index contributed by atoms with van der Waals surface area (Å²) in [7, 11) is 1.59. The largest absolute Gasteiger partial charge is 0.356 e. The zero-order valence-electron chi connectivity index (χ0n) is 13.2. The molecule has 3 N–H and O–H groups in total. The Bertz CT molecular complexity index is 573. The molecule has 0 spiro atoms. The second kappa shape index (κ2) is 8.45. The van der Waals surface area contributed by atoms with Gasteiger partial charge in [-0.3, -0.25) is 9.79 Å². The van der Waals surface area contributed by atoms with E-state index in [0.29, 0.717) is 31.4 Å². The Labute approximate surface area is 134 Å². The lowest BCUT2D eigenvalue weighted by molar-refractivity contribution is -0.121. The van der Waals surface area contributed by atoms with Crippen molar-refractivity contribution in [2.75, 3.05) is 13.6 Å². The van der Waals surface area contributed by atoms with Crippen molar-refractivity contribution in [3.05, 3.63) is 35.4 Å². The Morgan fingerprint density at radius 3 is 2.78 bits per heavy atom. The minimum absolute atomic E-state index is 0.0686. The molecule has 1 aliphatic carbocycles. The molecule has 5 nitrogen and oxygen atoms in total. The standard InChI is InChI=1S/C16H22F2N4O/c1-19-16(20-8-2-3-15(23)22-13-5-6-13)21-10-11-9-12(17)4-7-14(11)18/h4,7,9,13H,2-3,5-6,8,10H2,1H3,(H,22,23)(H2,19,20,21). The van der Waals surface area contributed by atoms with E-state index in [1.807, 2.05) is 0 Å². The first-order valence-corrected chi connectivity index (χ1v) is 7.76. The fourth-order valence-electron chi connectivity index (χ4n) is 2.06. The van der Waals surface area contributed by atoms with Crippen molar-refractivity contribution < 1.29 is 13.6 Å². The van der Waals surface area contributed by atoms with Crippen LogP contribution in [0.3, 0.4) is 0 Å². The van der Waals surface area contributed by atoms with Crippen molar-refractivity contribution in [2.24, 2.45) is 4.99 Å². The fourth-order valence-corrected chi connectivity index (χ4v) is 2.06. The summed E-state index contributed by atoms with van der Waals surface area (Å²) in [5, 5.41) is 8.88. The van der Waals surface area contributed by atoms with Crippen molar-refractivity contribution in [2.45, 2.75) is 38.3 Å². The second-order valence-corrected chi connectivity index (χ2v) is 5.53. The molecule has 7 heteroatoms. The second-order valence-electron chi connectivity index (χ2n) is 5.53. The quantitative estimate of drug-likeness (QED) is 0.406. The number of carbonyl (C=O) groups is 1. The van der Waals surface area contributed by atoms with Crippen molar-refractivity contribution in [1.82, 2.24) is 16.0 Å². The molecule has 0 bridgehead atoms. The highest BCUT2D eigenvalue weighted by atomic mass is 19.1. The maximum absolute atomic E-state index is 13.5. The number of carbonyl (C=O) groups excluding carboxylic acids is 1. The van der Waals surface area contributed by atoms with Gasteiger partial charge in [-0.05, 0) is 37.5 Å². The molecule has 2 rings (SSSR count). The van der Waals surface area contributed by atoms with Crippen LogP contribution in [0.4, 0.5) is 8.78 Å². The van der Waals surface area contributed by atoms with E-state index in [9.17, 15) is 13.6 Å². The van der Waals surface area contributed by atoms with E-state index in [2.05, 4.69) is 20.9 Å². The zero-order chi connectivity index (χ0) is 16.7. The van der Waals surface area contributed by atoms with Crippen LogP contribution in [0.25, 0.3) is 0 Å². The predicted molar refractivity (Wildman–Crippen MR) is 85.0 cm³/mol. The van der Waals surface area contributed by atoms with Gasteiger partial charge in [0, 0.05) is 38.2 Å². The number of rotatable bonds is 7. The molecule has 1 aromatic carbocycles. The molecule has 0 atom stereocenters. The summed E-state index contributed by atoms with van der Waals surface area (Å²) in [5.74, 6) is -0.394.